The minimum Gasteiger partial charge on any atom is -0.494 e. The van der Waals surface area contributed by atoms with E-state index in [1.54, 1.807) is 0 Å². The highest BCUT2D eigenvalue weighted by Crippen LogP contribution is 2.28. The Morgan fingerprint density at radius 3 is 2.42 bits per heavy atom. The van der Waals surface area contributed by atoms with Crippen molar-refractivity contribution in [3.05, 3.63) is 28.3 Å². The van der Waals surface area contributed by atoms with Gasteiger partial charge in [-0.25, -0.2) is 0 Å². The van der Waals surface area contributed by atoms with Crippen molar-refractivity contribution in [3.63, 3.8) is 0 Å². The molecule has 0 fully saturated rings. The predicted molar refractivity (Wildman–Crippen MR) is 79.8 cm³/mol. The summed E-state index contributed by atoms with van der Waals surface area (Å²) < 4.78 is 5.65. The first-order valence-corrected chi connectivity index (χ1v) is 7.04. The molecular formula is C16H27NO2. The Labute approximate surface area is 116 Å². The first-order chi connectivity index (χ1) is 8.88. The predicted octanol–water partition coefficient (Wildman–Crippen LogP) is 2.65. The summed E-state index contributed by atoms with van der Waals surface area (Å²) >= 11 is 0. The molecule has 0 heterocycles. The second kappa shape index (κ2) is 6.92. The van der Waals surface area contributed by atoms with Gasteiger partial charge in [0.25, 0.3) is 0 Å². The molecule has 19 heavy (non-hydrogen) atoms. The van der Waals surface area contributed by atoms with Gasteiger partial charge >= 0.3 is 0 Å². The van der Waals surface area contributed by atoms with Crippen LogP contribution in [0.3, 0.4) is 0 Å². The maximum Gasteiger partial charge on any atom is 0.122 e. The van der Waals surface area contributed by atoms with Crippen LogP contribution in [-0.2, 0) is 6.42 Å². The van der Waals surface area contributed by atoms with Crippen LogP contribution < -0.4 is 10.5 Å². The number of aliphatic hydroxyl groups is 1. The standard InChI is InChI=1S/C16H27NO2/c1-6-19-16-9-10(2)14(11(3)12(16)4)7-8-15(18)13(5)17/h9,13,15,18H,6-8,17H2,1-5H3. The van der Waals surface area contributed by atoms with Gasteiger partial charge in [0.05, 0.1) is 12.7 Å². The molecule has 1 rings (SSSR count). The monoisotopic (exact) mass is 265 g/mol. The van der Waals surface area contributed by atoms with E-state index in [1.165, 1.54) is 22.3 Å². The van der Waals surface area contributed by atoms with Crippen molar-refractivity contribution in [2.45, 2.75) is 59.6 Å². The van der Waals surface area contributed by atoms with Gasteiger partial charge in [0.1, 0.15) is 5.75 Å². The third kappa shape index (κ3) is 3.95. The fraction of sp³-hybridized carbons (Fsp3) is 0.625. The highest BCUT2D eigenvalue weighted by molar-refractivity contribution is 5.48. The summed E-state index contributed by atoms with van der Waals surface area (Å²) in [5, 5.41) is 9.83. The van der Waals surface area contributed by atoms with Crippen LogP contribution in [0, 0.1) is 20.8 Å². The third-order valence-electron chi connectivity index (χ3n) is 3.81. The van der Waals surface area contributed by atoms with E-state index in [2.05, 4.69) is 26.8 Å². The summed E-state index contributed by atoms with van der Waals surface area (Å²) in [4.78, 5) is 0. The molecule has 0 saturated heterocycles. The lowest BCUT2D eigenvalue weighted by Crippen LogP contribution is -2.31. The molecule has 0 spiro atoms. The molecule has 0 amide bonds. The van der Waals surface area contributed by atoms with Crippen LogP contribution >= 0.6 is 0 Å². The minimum atomic E-state index is -0.439. The van der Waals surface area contributed by atoms with E-state index in [0.29, 0.717) is 13.0 Å². The first-order valence-electron chi connectivity index (χ1n) is 7.04. The molecule has 0 saturated carbocycles. The molecule has 3 heteroatoms. The number of aryl methyl sites for hydroxylation is 1. The third-order valence-corrected chi connectivity index (χ3v) is 3.81. The van der Waals surface area contributed by atoms with Crippen LogP contribution in [0.5, 0.6) is 5.75 Å². The molecule has 0 aromatic heterocycles. The minimum absolute atomic E-state index is 0.176. The Morgan fingerprint density at radius 2 is 1.89 bits per heavy atom. The van der Waals surface area contributed by atoms with Gasteiger partial charge in [-0.3, -0.25) is 0 Å². The fourth-order valence-corrected chi connectivity index (χ4v) is 2.34. The largest absolute Gasteiger partial charge is 0.494 e. The smallest absolute Gasteiger partial charge is 0.122 e. The average molecular weight is 265 g/mol. The van der Waals surface area contributed by atoms with E-state index in [-0.39, 0.29) is 6.04 Å². The summed E-state index contributed by atoms with van der Waals surface area (Å²) in [6, 6.07) is 1.92. The van der Waals surface area contributed by atoms with E-state index in [1.807, 2.05) is 13.8 Å². The molecule has 0 aliphatic rings. The summed E-state index contributed by atoms with van der Waals surface area (Å²) in [5.74, 6) is 0.967. The zero-order chi connectivity index (χ0) is 14.6. The van der Waals surface area contributed by atoms with Crippen LogP contribution in [-0.4, -0.2) is 23.9 Å². The summed E-state index contributed by atoms with van der Waals surface area (Å²) in [7, 11) is 0. The van der Waals surface area contributed by atoms with Gasteiger partial charge in [0.2, 0.25) is 0 Å². The lowest BCUT2D eigenvalue weighted by molar-refractivity contribution is 0.141. The molecule has 3 nitrogen and oxygen atoms in total. The van der Waals surface area contributed by atoms with Gasteiger partial charge in [0.15, 0.2) is 0 Å². The summed E-state index contributed by atoms with van der Waals surface area (Å²) in [5.41, 5.74) is 10.7. The van der Waals surface area contributed by atoms with Gasteiger partial charge in [-0.1, -0.05) is 0 Å². The van der Waals surface area contributed by atoms with Crippen molar-refractivity contribution in [2.75, 3.05) is 6.61 Å². The first kappa shape index (κ1) is 16.0. The molecule has 0 aliphatic heterocycles. The topological polar surface area (TPSA) is 55.5 Å². The van der Waals surface area contributed by atoms with Crippen molar-refractivity contribution in [3.8, 4) is 5.75 Å². The van der Waals surface area contributed by atoms with Crippen LogP contribution in [0.2, 0.25) is 0 Å². The van der Waals surface area contributed by atoms with Crippen molar-refractivity contribution in [1.29, 1.82) is 0 Å². The zero-order valence-electron chi connectivity index (χ0n) is 12.8. The van der Waals surface area contributed by atoms with Crippen LogP contribution in [0.15, 0.2) is 6.07 Å². The molecule has 1 aromatic rings. The van der Waals surface area contributed by atoms with Gasteiger partial charge in [-0.2, -0.15) is 0 Å². The number of ether oxygens (including phenoxy) is 1. The highest BCUT2D eigenvalue weighted by atomic mass is 16.5. The maximum atomic E-state index is 9.83. The lowest BCUT2D eigenvalue weighted by atomic mass is 9.92. The van der Waals surface area contributed by atoms with Crippen LogP contribution in [0.4, 0.5) is 0 Å². The number of hydrogen-bond donors (Lipinski definition) is 2. The SMILES string of the molecule is CCOc1cc(C)c(CCC(O)C(C)N)c(C)c1C. The Kier molecular flexibility index (Phi) is 5.83. The van der Waals surface area contributed by atoms with Crippen molar-refractivity contribution in [1.82, 2.24) is 0 Å². The van der Waals surface area contributed by atoms with E-state index in [0.717, 1.165) is 12.2 Å². The van der Waals surface area contributed by atoms with Gasteiger partial charge < -0.3 is 15.6 Å². The molecule has 108 valence electrons. The lowest BCUT2D eigenvalue weighted by Gasteiger charge is -2.19. The molecule has 2 unspecified atom stereocenters. The van der Waals surface area contributed by atoms with E-state index < -0.39 is 6.10 Å². The molecule has 1 aromatic carbocycles. The Bertz CT molecular complexity index is 427. The number of rotatable bonds is 6. The van der Waals surface area contributed by atoms with Crippen LogP contribution in [0.1, 0.15) is 42.5 Å². The van der Waals surface area contributed by atoms with Crippen molar-refractivity contribution in [2.24, 2.45) is 5.73 Å². The Hall–Kier alpha value is -1.06. The molecule has 2 atom stereocenters. The van der Waals surface area contributed by atoms with Gasteiger partial charge in [0, 0.05) is 6.04 Å². The molecule has 3 N–H and O–H groups in total. The summed E-state index contributed by atoms with van der Waals surface area (Å²) in [6.45, 7) is 10.8. The second-order valence-corrected chi connectivity index (χ2v) is 5.32. The average Bonchev–Trinajstić information content (AvgIpc) is 2.35. The van der Waals surface area contributed by atoms with Crippen molar-refractivity contribution < 1.29 is 9.84 Å². The summed E-state index contributed by atoms with van der Waals surface area (Å²) in [6.07, 6.45) is 1.12. The van der Waals surface area contributed by atoms with Crippen molar-refractivity contribution >= 4 is 0 Å². The second-order valence-electron chi connectivity index (χ2n) is 5.32. The van der Waals surface area contributed by atoms with E-state index in [4.69, 9.17) is 10.5 Å². The maximum absolute atomic E-state index is 9.83. The molecule has 0 radical (unpaired) electrons. The Morgan fingerprint density at radius 1 is 1.26 bits per heavy atom. The molecular weight excluding hydrogens is 238 g/mol. The van der Waals surface area contributed by atoms with Gasteiger partial charge in [-0.15, -0.1) is 0 Å². The fourth-order valence-electron chi connectivity index (χ4n) is 2.34. The van der Waals surface area contributed by atoms with E-state index in [9.17, 15) is 5.11 Å². The number of hydrogen-bond acceptors (Lipinski definition) is 3. The van der Waals surface area contributed by atoms with Crippen LogP contribution in [0.25, 0.3) is 0 Å². The Balaban J connectivity index is 2.93. The zero-order valence-corrected chi connectivity index (χ0v) is 12.8. The quantitative estimate of drug-likeness (QED) is 0.831. The van der Waals surface area contributed by atoms with E-state index >= 15 is 0 Å². The molecule has 0 aliphatic carbocycles. The number of nitrogens with two attached hydrogens (primary N) is 1. The number of aliphatic hydroxyl groups excluding tert-OH is 1. The van der Waals surface area contributed by atoms with Gasteiger partial charge in [-0.05, 0) is 75.8 Å². The normalized spacial score (nSPS) is 14.3. The highest BCUT2D eigenvalue weighted by Gasteiger charge is 2.14. The number of benzene rings is 1. The molecule has 0 bridgehead atoms.